The van der Waals surface area contributed by atoms with E-state index in [0.717, 1.165) is 30.6 Å². The lowest BCUT2D eigenvalue weighted by Gasteiger charge is -2.36. The van der Waals surface area contributed by atoms with Crippen LogP contribution < -0.4 is 10.2 Å². The summed E-state index contributed by atoms with van der Waals surface area (Å²) >= 11 is 5.95. The number of carbonyl (C=O) groups is 2. The number of carbonyl (C=O) groups excluding carboxylic acids is 2. The maximum atomic E-state index is 12.9. The van der Waals surface area contributed by atoms with Gasteiger partial charge >= 0.3 is 0 Å². The Hall–Kier alpha value is -2.60. The topological polar surface area (TPSA) is 65.5 Å². The van der Waals surface area contributed by atoms with Gasteiger partial charge in [-0.15, -0.1) is 0 Å². The third kappa shape index (κ3) is 6.20. The van der Waals surface area contributed by atoms with E-state index >= 15 is 0 Å². The van der Waals surface area contributed by atoms with Crippen LogP contribution in [0.5, 0.6) is 0 Å². The van der Waals surface area contributed by atoms with Crippen LogP contribution in [0.2, 0.25) is 5.02 Å². The molecule has 7 heteroatoms. The maximum Gasteiger partial charge on any atom is 0.252 e. The Bertz CT molecular complexity index is 862. The second-order valence-electron chi connectivity index (χ2n) is 7.95. The molecule has 0 saturated carbocycles. The lowest BCUT2D eigenvalue weighted by molar-refractivity contribution is -0.132. The fourth-order valence-electron chi connectivity index (χ4n) is 3.71. The Kier molecular flexibility index (Phi) is 8.29. The van der Waals surface area contributed by atoms with E-state index in [9.17, 15) is 9.59 Å². The number of piperazine rings is 1. The van der Waals surface area contributed by atoms with Gasteiger partial charge in [-0.3, -0.25) is 9.59 Å². The first-order valence-corrected chi connectivity index (χ1v) is 11.4. The molecule has 1 fully saturated rings. The summed E-state index contributed by atoms with van der Waals surface area (Å²) in [7, 11) is 0. The summed E-state index contributed by atoms with van der Waals surface area (Å²) in [5.74, 6) is 0.684. The second-order valence-corrected chi connectivity index (χ2v) is 8.39. The predicted molar refractivity (Wildman–Crippen MR) is 125 cm³/mol. The first kappa shape index (κ1) is 23.1. The summed E-state index contributed by atoms with van der Waals surface area (Å²) in [5.41, 5.74) is 1.55. The molecule has 1 atom stereocenters. The van der Waals surface area contributed by atoms with Crippen LogP contribution in [0.25, 0.3) is 0 Å². The number of nitrogens with zero attached hydrogens (tertiary/aromatic N) is 3. The molecule has 2 amide bonds. The van der Waals surface area contributed by atoms with Crippen LogP contribution in [0.15, 0.2) is 42.6 Å². The highest BCUT2D eigenvalue weighted by Gasteiger charge is 2.26. The quantitative estimate of drug-likeness (QED) is 0.625. The summed E-state index contributed by atoms with van der Waals surface area (Å²) in [6, 6.07) is 11.2. The fraction of sp³-hybridized carbons (Fsp3) is 0.458. The Morgan fingerprint density at radius 2 is 1.77 bits per heavy atom. The minimum absolute atomic E-state index is 0.0817. The minimum Gasteiger partial charge on any atom is -0.353 e. The molecule has 1 aliphatic rings. The molecule has 2 aromatic rings. The van der Waals surface area contributed by atoms with E-state index in [2.05, 4.69) is 22.1 Å². The van der Waals surface area contributed by atoms with E-state index < -0.39 is 0 Å². The normalized spacial score (nSPS) is 14.9. The van der Waals surface area contributed by atoms with Gasteiger partial charge in [0.2, 0.25) is 5.91 Å². The molecule has 1 unspecified atom stereocenters. The van der Waals surface area contributed by atoms with Crippen molar-refractivity contribution in [3.05, 3.63) is 58.7 Å². The fourth-order valence-corrected chi connectivity index (χ4v) is 3.84. The molecule has 0 spiro atoms. The average Bonchev–Trinajstić information content (AvgIpc) is 2.81. The maximum absolute atomic E-state index is 12.9. The van der Waals surface area contributed by atoms with Crippen LogP contribution in [-0.2, 0) is 4.79 Å². The number of aromatic nitrogens is 1. The van der Waals surface area contributed by atoms with Gasteiger partial charge in [-0.1, -0.05) is 43.5 Å². The van der Waals surface area contributed by atoms with Gasteiger partial charge < -0.3 is 15.1 Å². The first-order valence-electron chi connectivity index (χ1n) is 11.0. The zero-order chi connectivity index (χ0) is 22.2. The van der Waals surface area contributed by atoms with Gasteiger partial charge in [-0.25, -0.2) is 4.98 Å². The van der Waals surface area contributed by atoms with Gasteiger partial charge in [0.1, 0.15) is 5.82 Å². The zero-order valence-corrected chi connectivity index (χ0v) is 19.1. The highest BCUT2D eigenvalue weighted by atomic mass is 35.5. The van der Waals surface area contributed by atoms with Crippen LogP contribution in [0, 0.1) is 0 Å². The molecule has 1 N–H and O–H groups in total. The number of benzene rings is 1. The number of hydrogen-bond donors (Lipinski definition) is 1. The third-order valence-corrected chi connectivity index (χ3v) is 5.98. The molecule has 2 heterocycles. The van der Waals surface area contributed by atoms with Crippen molar-refractivity contribution in [2.24, 2.45) is 0 Å². The molecule has 0 bridgehead atoms. The third-order valence-electron chi connectivity index (χ3n) is 5.73. The number of anilines is 1. The minimum atomic E-state index is -0.197. The second kappa shape index (κ2) is 11.1. The lowest BCUT2D eigenvalue weighted by atomic mass is 9.99. The van der Waals surface area contributed by atoms with Crippen LogP contribution in [-0.4, -0.2) is 54.4 Å². The first-order chi connectivity index (χ1) is 15.0. The number of pyridine rings is 1. The van der Waals surface area contributed by atoms with Gasteiger partial charge in [0.05, 0.1) is 11.5 Å². The largest absolute Gasteiger partial charge is 0.353 e. The highest BCUT2D eigenvalue weighted by Crippen LogP contribution is 2.22. The highest BCUT2D eigenvalue weighted by molar-refractivity contribution is 6.30. The molecular weight excluding hydrogens is 412 g/mol. The van der Waals surface area contributed by atoms with Crippen LogP contribution >= 0.6 is 11.6 Å². The van der Waals surface area contributed by atoms with E-state index in [-0.39, 0.29) is 17.7 Å². The van der Waals surface area contributed by atoms with Crippen molar-refractivity contribution in [3.63, 3.8) is 0 Å². The van der Waals surface area contributed by atoms with Crippen LogP contribution in [0.3, 0.4) is 0 Å². The van der Waals surface area contributed by atoms with Gasteiger partial charge in [0, 0.05) is 43.9 Å². The van der Waals surface area contributed by atoms with Crippen molar-refractivity contribution >= 4 is 29.2 Å². The van der Waals surface area contributed by atoms with Gasteiger partial charge in [-0.2, -0.15) is 0 Å². The van der Waals surface area contributed by atoms with Crippen LogP contribution in [0.4, 0.5) is 5.82 Å². The zero-order valence-electron chi connectivity index (χ0n) is 18.3. The molecule has 1 aromatic heterocycles. The Labute approximate surface area is 189 Å². The SMILES string of the molecule is CCCCCNC(=O)c1ccc(N2CCN(C(=O)C(C)c3ccc(Cl)cc3)CC2)nc1. The summed E-state index contributed by atoms with van der Waals surface area (Å²) < 4.78 is 0. The standard InChI is InChI=1S/C24H31ClN4O2/c1-3-4-5-12-26-23(30)20-8-11-22(27-17-20)28-13-15-29(16-14-28)24(31)18(2)19-6-9-21(25)10-7-19/h6-11,17-18H,3-5,12-16H2,1-2H3,(H,26,30). The molecule has 0 aliphatic carbocycles. The average molecular weight is 443 g/mol. The number of halogens is 1. The number of amides is 2. The number of nitrogens with one attached hydrogen (secondary N) is 1. The molecule has 0 radical (unpaired) electrons. The van der Waals surface area contributed by atoms with Crippen molar-refractivity contribution in [2.45, 2.75) is 39.0 Å². The molecule has 1 aliphatic heterocycles. The molecule has 31 heavy (non-hydrogen) atoms. The summed E-state index contributed by atoms with van der Waals surface area (Å²) in [5, 5.41) is 3.60. The summed E-state index contributed by atoms with van der Waals surface area (Å²) in [4.78, 5) is 33.6. The molecule has 1 aromatic carbocycles. The number of rotatable bonds is 8. The predicted octanol–water partition coefficient (Wildman–Crippen LogP) is 4.11. The molecule has 166 valence electrons. The molecule has 3 rings (SSSR count). The van der Waals surface area contributed by atoms with Crippen molar-refractivity contribution in [1.82, 2.24) is 15.2 Å². The van der Waals surface area contributed by atoms with Gasteiger partial charge in [0.25, 0.3) is 5.91 Å². The molecule has 6 nitrogen and oxygen atoms in total. The van der Waals surface area contributed by atoms with E-state index in [0.29, 0.717) is 43.3 Å². The Balaban J connectivity index is 1.50. The monoisotopic (exact) mass is 442 g/mol. The van der Waals surface area contributed by atoms with E-state index in [4.69, 9.17) is 11.6 Å². The van der Waals surface area contributed by atoms with Crippen LogP contribution in [0.1, 0.15) is 54.9 Å². The van der Waals surface area contributed by atoms with E-state index in [1.165, 1.54) is 0 Å². The lowest BCUT2D eigenvalue weighted by Crippen LogP contribution is -2.50. The van der Waals surface area contributed by atoms with Crippen molar-refractivity contribution < 1.29 is 9.59 Å². The van der Waals surface area contributed by atoms with E-state index in [1.54, 1.807) is 6.20 Å². The Morgan fingerprint density at radius 1 is 1.06 bits per heavy atom. The number of hydrogen-bond acceptors (Lipinski definition) is 4. The summed E-state index contributed by atoms with van der Waals surface area (Å²) in [6.07, 6.45) is 4.87. The molecular formula is C24H31ClN4O2. The van der Waals surface area contributed by atoms with Crippen molar-refractivity contribution in [3.8, 4) is 0 Å². The summed E-state index contributed by atoms with van der Waals surface area (Å²) in [6.45, 7) is 7.50. The Morgan fingerprint density at radius 3 is 2.39 bits per heavy atom. The molecule has 1 saturated heterocycles. The smallest absolute Gasteiger partial charge is 0.252 e. The van der Waals surface area contributed by atoms with Crippen molar-refractivity contribution in [2.75, 3.05) is 37.6 Å². The van der Waals surface area contributed by atoms with Gasteiger partial charge in [0.15, 0.2) is 0 Å². The van der Waals surface area contributed by atoms with Crippen molar-refractivity contribution in [1.29, 1.82) is 0 Å². The van der Waals surface area contributed by atoms with Gasteiger partial charge in [-0.05, 0) is 43.2 Å². The number of unbranched alkanes of at least 4 members (excludes halogenated alkanes) is 2. The van der Waals surface area contributed by atoms with E-state index in [1.807, 2.05) is 48.2 Å².